The molecule has 4 nitrogen and oxygen atoms in total. The van der Waals surface area contributed by atoms with Crippen LogP contribution in [0.3, 0.4) is 0 Å². The van der Waals surface area contributed by atoms with E-state index in [1.165, 1.54) is 17.7 Å². The van der Waals surface area contributed by atoms with E-state index < -0.39 is 11.8 Å². The minimum Gasteiger partial charge on any atom is -0.423 e. The molecule has 2 aromatic rings. The van der Waals surface area contributed by atoms with Crippen LogP contribution >= 0.6 is 0 Å². The third kappa shape index (κ3) is 4.72. The van der Waals surface area contributed by atoms with Gasteiger partial charge >= 0.3 is 5.97 Å². The highest BCUT2D eigenvalue weighted by molar-refractivity contribution is 5.91. The molecule has 0 atom stereocenters. The van der Waals surface area contributed by atoms with Gasteiger partial charge in [0.05, 0.1) is 11.1 Å². The number of hydrogen-bond donors (Lipinski definition) is 0. The van der Waals surface area contributed by atoms with Crippen LogP contribution in [0.15, 0.2) is 42.5 Å². The Labute approximate surface area is 158 Å². The lowest BCUT2D eigenvalue weighted by Gasteiger charge is -2.28. The number of nitriles is 1. The monoisotopic (exact) mass is 367 g/mol. The topological polar surface area (TPSA) is 59.3 Å². The van der Waals surface area contributed by atoms with Crippen molar-refractivity contribution >= 4 is 5.97 Å². The first kappa shape index (κ1) is 19.1. The van der Waals surface area contributed by atoms with E-state index in [0.717, 1.165) is 38.4 Å². The zero-order valence-corrected chi connectivity index (χ0v) is 15.3. The SMILES string of the molecule is COC[C@H]1CC[C@H](c2ccc(C(=O)Oc3ccc(C#N)c(F)c3)cc2)CC1. The highest BCUT2D eigenvalue weighted by Gasteiger charge is 2.22. The van der Waals surface area contributed by atoms with Gasteiger partial charge in [-0.25, -0.2) is 9.18 Å². The molecule has 0 N–H and O–H groups in total. The lowest BCUT2D eigenvalue weighted by Crippen LogP contribution is -2.17. The number of nitrogens with zero attached hydrogens (tertiary/aromatic N) is 1. The lowest BCUT2D eigenvalue weighted by atomic mass is 9.79. The predicted octanol–water partition coefficient (Wildman–Crippen LogP) is 4.84. The first-order chi connectivity index (χ1) is 13.1. The summed E-state index contributed by atoms with van der Waals surface area (Å²) in [6, 6.07) is 12.9. The van der Waals surface area contributed by atoms with E-state index in [1.54, 1.807) is 25.3 Å². The van der Waals surface area contributed by atoms with E-state index in [-0.39, 0.29) is 11.3 Å². The Balaban J connectivity index is 1.61. The fourth-order valence-electron chi connectivity index (χ4n) is 3.61. The third-order valence-corrected chi connectivity index (χ3v) is 5.14. The summed E-state index contributed by atoms with van der Waals surface area (Å²) in [6.45, 7) is 0.827. The molecule has 2 aromatic carbocycles. The number of rotatable bonds is 5. The summed E-state index contributed by atoms with van der Waals surface area (Å²) in [7, 11) is 1.75. The van der Waals surface area contributed by atoms with Gasteiger partial charge in [0, 0.05) is 19.8 Å². The maximum absolute atomic E-state index is 13.6. The van der Waals surface area contributed by atoms with Crippen molar-refractivity contribution < 1.29 is 18.7 Å². The maximum Gasteiger partial charge on any atom is 0.343 e. The van der Waals surface area contributed by atoms with Gasteiger partial charge in [-0.15, -0.1) is 0 Å². The largest absolute Gasteiger partial charge is 0.423 e. The number of halogens is 1. The summed E-state index contributed by atoms with van der Waals surface area (Å²) in [5.41, 5.74) is 1.56. The number of hydrogen-bond acceptors (Lipinski definition) is 4. The molecule has 1 aliphatic rings. The van der Waals surface area contributed by atoms with Crippen LogP contribution in [0.4, 0.5) is 4.39 Å². The molecule has 1 aliphatic carbocycles. The zero-order chi connectivity index (χ0) is 19.2. The molecule has 5 heteroatoms. The molecule has 140 valence electrons. The third-order valence-electron chi connectivity index (χ3n) is 5.14. The second-order valence-corrected chi connectivity index (χ2v) is 6.94. The average Bonchev–Trinajstić information content (AvgIpc) is 2.69. The molecule has 0 spiro atoms. The van der Waals surface area contributed by atoms with Crippen LogP contribution < -0.4 is 4.74 Å². The van der Waals surface area contributed by atoms with Gasteiger partial charge < -0.3 is 9.47 Å². The quantitative estimate of drug-likeness (QED) is 0.561. The molecule has 1 fully saturated rings. The average molecular weight is 367 g/mol. The van der Waals surface area contributed by atoms with Crippen LogP contribution in [0.5, 0.6) is 5.75 Å². The summed E-state index contributed by atoms with van der Waals surface area (Å²) >= 11 is 0. The van der Waals surface area contributed by atoms with Crippen LogP contribution in [0.1, 0.15) is 53.1 Å². The number of benzene rings is 2. The van der Waals surface area contributed by atoms with Crippen molar-refractivity contribution in [3.8, 4) is 11.8 Å². The molecule has 0 bridgehead atoms. The molecule has 0 heterocycles. The van der Waals surface area contributed by atoms with E-state index in [2.05, 4.69) is 0 Å². The molecule has 1 saturated carbocycles. The molecular weight excluding hydrogens is 345 g/mol. The van der Waals surface area contributed by atoms with Crippen LogP contribution in [0.2, 0.25) is 0 Å². The Hall–Kier alpha value is -2.71. The van der Waals surface area contributed by atoms with Crippen molar-refractivity contribution in [2.45, 2.75) is 31.6 Å². The van der Waals surface area contributed by atoms with E-state index in [0.29, 0.717) is 17.4 Å². The molecule has 3 rings (SSSR count). The highest BCUT2D eigenvalue weighted by atomic mass is 19.1. The standard InChI is InChI=1S/C22H22FNO3/c1-26-14-15-2-4-16(5-3-15)17-6-8-18(9-7-17)22(25)27-20-11-10-19(13-24)21(23)12-20/h6-12,15-16H,2-5,14H2,1H3/t15-,16-. The van der Waals surface area contributed by atoms with Gasteiger partial charge in [0.15, 0.2) is 0 Å². The Morgan fingerprint density at radius 1 is 1.15 bits per heavy atom. The smallest absolute Gasteiger partial charge is 0.343 e. The summed E-state index contributed by atoms with van der Waals surface area (Å²) in [5, 5.41) is 8.74. The lowest BCUT2D eigenvalue weighted by molar-refractivity contribution is 0.0734. The second-order valence-electron chi connectivity index (χ2n) is 6.94. The fourth-order valence-corrected chi connectivity index (χ4v) is 3.61. The molecule has 0 amide bonds. The number of carbonyl (C=O) groups is 1. The van der Waals surface area contributed by atoms with E-state index in [1.807, 2.05) is 12.1 Å². The van der Waals surface area contributed by atoms with Crippen LogP contribution in [0, 0.1) is 23.1 Å². The van der Waals surface area contributed by atoms with Gasteiger partial charge in [-0.3, -0.25) is 0 Å². The summed E-state index contributed by atoms with van der Waals surface area (Å²) in [5.74, 6) is -0.0159. The van der Waals surface area contributed by atoms with Gasteiger partial charge in [0.2, 0.25) is 0 Å². The molecule has 0 radical (unpaired) electrons. The Kier molecular flexibility index (Phi) is 6.20. The maximum atomic E-state index is 13.6. The normalized spacial score (nSPS) is 19.3. The van der Waals surface area contributed by atoms with Gasteiger partial charge in [0.1, 0.15) is 17.6 Å². The summed E-state index contributed by atoms with van der Waals surface area (Å²) in [6.07, 6.45) is 4.57. The minimum absolute atomic E-state index is 0.0806. The van der Waals surface area contributed by atoms with Crippen molar-refractivity contribution in [1.29, 1.82) is 5.26 Å². The second kappa shape index (κ2) is 8.79. The molecule has 0 aliphatic heterocycles. The predicted molar refractivity (Wildman–Crippen MR) is 99.1 cm³/mol. The van der Waals surface area contributed by atoms with E-state index in [9.17, 15) is 9.18 Å². The number of ether oxygens (including phenoxy) is 2. The highest BCUT2D eigenvalue weighted by Crippen LogP contribution is 2.35. The van der Waals surface area contributed by atoms with Gasteiger partial charge in [0.25, 0.3) is 0 Å². The Morgan fingerprint density at radius 2 is 1.85 bits per heavy atom. The van der Waals surface area contributed by atoms with Crippen molar-refractivity contribution in [3.05, 3.63) is 65.0 Å². The Bertz CT molecular complexity index is 834. The van der Waals surface area contributed by atoms with Crippen molar-refractivity contribution in [2.24, 2.45) is 5.92 Å². The number of esters is 1. The summed E-state index contributed by atoms with van der Waals surface area (Å²) < 4.78 is 24.1. The van der Waals surface area contributed by atoms with E-state index in [4.69, 9.17) is 14.7 Å². The van der Waals surface area contributed by atoms with Gasteiger partial charge in [-0.1, -0.05) is 12.1 Å². The van der Waals surface area contributed by atoms with Gasteiger partial charge in [-0.05, 0) is 67.3 Å². The van der Waals surface area contributed by atoms with Crippen molar-refractivity contribution in [2.75, 3.05) is 13.7 Å². The molecular formula is C22H22FNO3. The van der Waals surface area contributed by atoms with Crippen LogP contribution in [0.25, 0.3) is 0 Å². The van der Waals surface area contributed by atoms with Crippen LogP contribution in [-0.4, -0.2) is 19.7 Å². The Morgan fingerprint density at radius 3 is 2.44 bits per heavy atom. The van der Waals surface area contributed by atoms with Crippen molar-refractivity contribution in [3.63, 3.8) is 0 Å². The number of methoxy groups -OCH3 is 1. The first-order valence-corrected chi connectivity index (χ1v) is 9.11. The van der Waals surface area contributed by atoms with Crippen LogP contribution in [-0.2, 0) is 4.74 Å². The zero-order valence-electron chi connectivity index (χ0n) is 15.3. The van der Waals surface area contributed by atoms with E-state index >= 15 is 0 Å². The van der Waals surface area contributed by atoms with Crippen molar-refractivity contribution in [1.82, 2.24) is 0 Å². The fraction of sp³-hybridized carbons (Fsp3) is 0.364. The molecule has 0 aromatic heterocycles. The van der Waals surface area contributed by atoms with Gasteiger partial charge in [-0.2, -0.15) is 5.26 Å². The first-order valence-electron chi connectivity index (χ1n) is 9.11. The molecule has 0 unspecified atom stereocenters. The number of carbonyl (C=O) groups excluding carboxylic acids is 1. The molecule has 27 heavy (non-hydrogen) atoms. The molecule has 0 saturated heterocycles. The summed E-state index contributed by atoms with van der Waals surface area (Å²) in [4.78, 5) is 12.3. The minimum atomic E-state index is -0.706.